The van der Waals surface area contributed by atoms with Gasteiger partial charge in [-0.2, -0.15) is 0 Å². The maximum absolute atomic E-state index is 4.10. The molecule has 1 unspecified atom stereocenters. The summed E-state index contributed by atoms with van der Waals surface area (Å²) in [6.07, 6.45) is 3.83. The van der Waals surface area contributed by atoms with Crippen LogP contribution in [0.2, 0.25) is 0 Å². The second kappa shape index (κ2) is 6.95. The van der Waals surface area contributed by atoms with E-state index in [2.05, 4.69) is 71.8 Å². The highest BCUT2D eigenvalue weighted by Crippen LogP contribution is 2.22. The summed E-state index contributed by atoms with van der Waals surface area (Å²) in [6.45, 7) is 3.68. The third-order valence-electron chi connectivity index (χ3n) is 2.95. The maximum Gasteiger partial charge on any atom is 0.0206 e. The van der Waals surface area contributed by atoms with Gasteiger partial charge in [-0.25, -0.2) is 0 Å². The topological polar surface area (TPSA) is 12.0 Å². The van der Waals surface area contributed by atoms with Crippen molar-refractivity contribution >= 4 is 16.5 Å². The van der Waals surface area contributed by atoms with Gasteiger partial charge in [-0.1, -0.05) is 65.6 Å². The Morgan fingerprint density at radius 1 is 0.947 bits per heavy atom. The van der Waals surface area contributed by atoms with E-state index in [0.29, 0.717) is 0 Å². The van der Waals surface area contributed by atoms with Crippen molar-refractivity contribution in [1.29, 1.82) is 0 Å². The normalized spacial score (nSPS) is 11.8. The van der Waals surface area contributed by atoms with Crippen LogP contribution < -0.4 is 4.72 Å². The van der Waals surface area contributed by atoms with E-state index in [9.17, 15) is 0 Å². The zero-order chi connectivity index (χ0) is 13.5. The lowest BCUT2D eigenvalue weighted by atomic mass is 10.0. The second-order valence-electron chi connectivity index (χ2n) is 4.35. The first-order chi connectivity index (χ1) is 9.29. The smallest absolute Gasteiger partial charge is 0.0206 e. The van der Waals surface area contributed by atoms with Crippen LogP contribution in [-0.2, 0) is 12.8 Å². The van der Waals surface area contributed by atoms with E-state index in [4.69, 9.17) is 0 Å². The molecule has 1 N–H and O–H groups in total. The molecule has 2 rings (SSSR count). The minimum absolute atomic E-state index is 0.210. The second-order valence-corrected chi connectivity index (χ2v) is 5.83. The van der Waals surface area contributed by atoms with Crippen LogP contribution in [0.25, 0.3) is 0 Å². The van der Waals surface area contributed by atoms with Crippen LogP contribution in [0.1, 0.15) is 11.1 Å². The molecule has 0 aliphatic heterocycles. The van der Waals surface area contributed by atoms with E-state index in [1.54, 1.807) is 6.20 Å². The first-order valence-corrected chi connectivity index (χ1v) is 7.73. The average Bonchev–Trinajstić information content (AvgIpc) is 2.47. The number of aryl methyl sites for hydroxylation is 2. The van der Waals surface area contributed by atoms with Crippen molar-refractivity contribution in [3.05, 3.63) is 78.5 Å². The molecule has 0 heterocycles. The van der Waals surface area contributed by atoms with Gasteiger partial charge in [0.2, 0.25) is 0 Å². The highest BCUT2D eigenvalue weighted by molar-refractivity contribution is 8.12. The van der Waals surface area contributed by atoms with Gasteiger partial charge in [0, 0.05) is 4.90 Å². The van der Waals surface area contributed by atoms with Crippen molar-refractivity contribution in [2.75, 3.05) is 0 Å². The monoisotopic (exact) mass is 269 g/mol. The summed E-state index contributed by atoms with van der Waals surface area (Å²) in [6, 6.07) is 19.2. The lowest BCUT2D eigenvalue weighted by molar-refractivity contribution is 0.955. The minimum Gasteiger partial charge on any atom is -0.339 e. The van der Waals surface area contributed by atoms with Crippen molar-refractivity contribution < 1.29 is 0 Å². The zero-order valence-electron chi connectivity index (χ0n) is 11.0. The first kappa shape index (κ1) is 13.6. The molecule has 0 aliphatic carbocycles. The van der Waals surface area contributed by atoms with Crippen LogP contribution in [0, 0.1) is 0 Å². The summed E-state index contributed by atoms with van der Waals surface area (Å²) in [4.78, 5) is 1.23. The molecule has 2 aromatic rings. The summed E-state index contributed by atoms with van der Waals surface area (Å²) in [5.41, 5.74) is 2.74. The van der Waals surface area contributed by atoms with Crippen LogP contribution in [0.15, 0.2) is 72.3 Å². The van der Waals surface area contributed by atoms with Crippen LogP contribution >= 0.6 is 10.7 Å². The van der Waals surface area contributed by atoms with Gasteiger partial charge in [0.1, 0.15) is 0 Å². The number of benzene rings is 2. The Hall–Kier alpha value is -1.80. The molecule has 0 amide bonds. The van der Waals surface area contributed by atoms with Gasteiger partial charge >= 0.3 is 0 Å². The van der Waals surface area contributed by atoms with Crippen LogP contribution in [0.5, 0.6) is 0 Å². The van der Waals surface area contributed by atoms with Crippen LogP contribution in [0.3, 0.4) is 0 Å². The van der Waals surface area contributed by atoms with Crippen LogP contribution in [0.4, 0.5) is 0 Å². The maximum atomic E-state index is 4.10. The van der Waals surface area contributed by atoms with E-state index in [0.717, 1.165) is 12.8 Å². The summed E-state index contributed by atoms with van der Waals surface area (Å²) >= 11 is 0. The quantitative estimate of drug-likeness (QED) is 0.776. The molecule has 98 valence electrons. The largest absolute Gasteiger partial charge is 0.339 e. The molecule has 1 atom stereocenters. The van der Waals surface area contributed by atoms with E-state index in [-0.39, 0.29) is 10.7 Å². The summed E-state index contributed by atoms with van der Waals surface area (Å²) in [5.74, 6) is 4.10. The SMILES string of the molecule is C=CNS(=C)c1cccc(CCc2ccccc2)c1. The van der Waals surface area contributed by atoms with Crippen LogP contribution in [-0.4, -0.2) is 5.87 Å². The molecule has 19 heavy (non-hydrogen) atoms. The molecule has 0 aliphatic rings. The zero-order valence-corrected chi connectivity index (χ0v) is 11.8. The molecule has 0 spiro atoms. The summed E-state index contributed by atoms with van der Waals surface area (Å²) in [7, 11) is -0.210. The Morgan fingerprint density at radius 2 is 1.63 bits per heavy atom. The average molecular weight is 269 g/mol. The van der Waals surface area contributed by atoms with E-state index in [1.807, 2.05) is 0 Å². The summed E-state index contributed by atoms with van der Waals surface area (Å²) in [5, 5.41) is 0. The number of rotatable bonds is 6. The molecule has 2 aromatic carbocycles. The van der Waals surface area contributed by atoms with Gasteiger partial charge in [-0.3, -0.25) is 0 Å². The van der Waals surface area contributed by atoms with Crippen molar-refractivity contribution in [2.45, 2.75) is 17.7 Å². The molecule has 1 nitrogen and oxygen atoms in total. The molecule has 2 heteroatoms. The van der Waals surface area contributed by atoms with Gasteiger partial charge in [0.05, 0.1) is 0 Å². The van der Waals surface area contributed by atoms with Gasteiger partial charge in [-0.15, -0.1) is 0 Å². The fraction of sp³-hybridized carbons (Fsp3) is 0.118. The Kier molecular flexibility index (Phi) is 4.99. The van der Waals surface area contributed by atoms with Crippen molar-refractivity contribution in [3.8, 4) is 0 Å². The Bertz CT molecular complexity index is 560. The van der Waals surface area contributed by atoms with Crippen molar-refractivity contribution in [2.24, 2.45) is 0 Å². The molecule has 0 aromatic heterocycles. The van der Waals surface area contributed by atoms with Gasteiger partial charge in [-0.05, 0) is 42.3 Å². The van der Waals surface area contributed by atoms with E-state index in [1.165, 1.54) is 16.0 Å². The Morgan fingerprint density at radius 3 is 2.37 bits per heavy atom. The third-order valence-corrected chi connectivity index (χ3v) is 4.23. The third kappa shape index (κ3) is 4.11. The van der Waals surface area contributed by atoms with Crippen molar-refractivity contribution in [3.63, 3.8) is 0 Å². The molecule has 0 fully saturated rings. The predicted molar refractivity (Wildman–Crippen MR) is 86.6 cm³/mol. The number of hydrogen-bond donors (Lipinski definition) is 1. The fourth-order valence-corrected chi connectivity index (χ4v) is 2.83. The first-order valence-electron chi connectivity index (χ1n) is 6.33. The Balaban J connectivity index is 2.03. The lowest BCUT2D eigenvalue weighted by Crippen LogP contribution is -1.96. The van der Waals surface area contributed by atoms with Gasteiger partial charge < -0.3 is 4.72 Å². The molecule has 0 bridgehead atoms. The molecule has 0 saturated heterocycles. The summed E-state index contributed by atoms with van der Waals surface area (Å²) < 4.78 is 3.14. The Labute approximate surface area is 118 Å². The highest BCUT2D eigenvalue weighted by Gasteiger charge is 1.99. The molecular formula is C17H19NS. The highest BCUT2D eigenvalue weighted by atomic mass is 32.2. The molecule has 0 radical (unpaired) electrons. The van der Waals surface area contributed by atoms with E-state index >= 15 is 0 Å². The van der Waals surface area contributed by atoms with E-state index < -0.39 is 0 Å². The number of hydrogen-bond acceptors (Lipinski definition) is 1. The molecule has 0 saturated carbocycles. The van der Waals surface area contributed by atoms with Gasteiger partial charge in [0.25, 0.3) is 0 Å². The fourth-order valence-electron chi connectivity index (χ4n) is 1.96. The van der Waals surface area contributed by atoms with Gasteiger partial charge in [0.15, 0.2) is 0 Å². The van der Waals surface area contributed by atoms with Crippen molar-refractivity contribution in [1.82, 2.24) is 4.72 Å². The minimum atomic E-state index is -0.210. The number of nitrogens with one attached hydrogen (secondary N) is 1. The molecular weight excluding hydrogens is 250 g/mol. The lowest BCUT2D eigenvalue weighted by Gasteiger charge is -2.09. The standard InChI is InChI=1S/C17H19NS/c1-3-18-19(2)17-11-7-10-16(14-17)13-12-15-8-5-4-6-9-15/h3-11,14,18H,1-2,12-13H2. The predicted octanol–water partition coefficient (Wildman–Crippen LogP) is 4.18.